The fourth-order valence-electron chi connectivity index (χ4n) is 0.933. The van der Waals surface area contributed by atoms with Gasteiger partial charge in [0.25, 0.3) is 0 Å². The minimum atomic E-state index is -0.164. The van der Waals surface area contributed by atoms with E-state index >= 15 is 0 Å². The number of rotatable bonds is 6. The maximum atomic E-state index is 11.0. The molecule has 13 heavy (non-hydrogen) atoms. The van der Waals surface area contributed by atoms with Crippen molar-refractivity contribution in [2.75, 3.05) is 13.2 Å². The van der Waals surface area contributed by atoms with Crippen LogP contribution in [-0.4, -0.2) is 25.2 Å². The molecule has 0 spiro atoms. The van der Waals surface area contributed by atoms with Gasteiger partial charge < -0.3 is 10.1 Å². The Bertz CT molecular complexity index is 184. The van der Waals surface area contributed by atoms with E-state index < -0.39 is 0 Å². The highest BCUT2D eigenvalue weighted by Crippen LogP contribution is 1.93. The van der Waals surface area contributed by atoms with Gasteiger partial charge in [0.05, 0.1) is 13.0 Å². The number of ether oxygens (including phenoxy) is 1. The first-order chi connectivity index (χ1) is 6.20. The van der Waals surface area contributed by atoms with Crippen LogP contribution in [0, 0.1) is 12.3 Å². The van der Waals surface area contributed by atoms with Gasteiger partial charge in [-0.1, -0.05) is 0 Å². The predicted molar refractivity (Wildman–Crippen MR) is 52.2 cm³/mol. The normalized spacial score (nSPS) is 11.8. The topological polar surface area (TPSA) is 38.3 Å². The van der Waals surface area contributed by atoms with E-state index in [2.05, 4.69) is 11.2 Å². The predicted octanol–water partition coefficient (Wildman–Crippen LogP) is 0.941. The first-order valence-electron chi connectivity index (χ1n) is 4.53. The molecule has 3 heteroatoms. The summed E-state index contributed by atoms with van der Waals surface area (Å²) < 4.78 is 4.80. The van der Waals surface area contributed by atoms with Crippen LogP contribution in [0.3, 0.4) is 0 Å². The average Bonchev–Trinajstić information content (AvgIpc) is 2.05. The van der Waals surface area contributed by atoms with Crippen molar-refractivity contribution in [3.8, 4) is 12.3 Å². The Balaban J connectivity index is 3.44. The van der Waals surface area contributed by atoms with E-state index in [4.69, 9.17) is 11.2 Å². The van der Waals surface area contributed by atoms with Crippen molar-refractivity contribution in [1.29, 1.82) is 0 Å². The van der Waals surface area contributed by atoms with E-state index in [9.17, 15) is 4.79 Å². The van der Waals surface area contributed by atoms with Gasteiger partial charge in [0, 0.05) is 19.0 Å². The second-order valence-electron chi connectivity index (χ2n) is 2.82. The summed E-state index contributed by atoms with van der Waals surface area (Å²) in [6.07, 6.45) is 6.17. The Labute approximate surface area is 79.8 Å². The summed E-state index contributed by atoms with van der Waals surface area (Å²) >= 11 is 0. The van der Waals surface area contributed by atoms with Crippen LogP contribution in [0.25, 0.3) is 0 Å². The van der Waals surface area contributed by atoms with E-state index in [1.54, 1.807) is 6.92 Å². The minimum Gasteiger partial charge on any atom is -0.466 e. The first kappa shape index (κ1) is 12.0. The molecule has 1 atom stereocenters. The number of carbonyl (C=O) groups is 1. The van der Waals surface area contributed by atoms with E-state index in [-0.39, 0.29) is 12.0 Å². The van der Waals surface area contributed by atoms with Crippen molar-refractivity contribution >= 4 is 5.97 Å². The molecule has 0 fully saturated rings. The Morgan fingerprint density at radius 3 is 2.92 bits per heavy atom. The van der Waals surface area contributed by atoms with Crippen molar-refractivity contribution in [1.82, 2.24) is 5.32 Å². The fourth-order valence-corrected chi connectivity index (χ4v) is 0.933. The number of carbonyl (C=O) groups excluding carboxylic acids is 1. The van der Waals surface area contributed by atoms with Gasteiger partial charge in [-0.15, -0.1) is 12.3 Å². The third kappa shape index (κ3) is 7.35. The molecule has 1 unspecified atom stereocenters. The quantitative estimate of drug-likeness (QED) is 0.378. The number of hydrogen-bond donors (Lipinski definition) is 1. The minimum absolute atomic E-state index is 0.132. The van der Waals surface area contributed by atoms with Gasteiger partial charge in [-0.2, -0.15) is 0 Å². The van der Waals surface area contributed by atoms with Gasteiger partial charge in [-0.25, -0.2) is 0 Å². The highest BCUT2D eigenvalue weighted by atomic mass is 16.5. The van der Waals surface area contributed by atoms with Crippen molar-refractivity contribution in [2.45, 2.75) is 32.7 Å². The van der Waals surface area contributed by atoms with E-state index in [0.29, 0.717) is 19.4 Å². The lowest BCUT2D eigenvalue weighted by Crippen LogP contribution is -2.29. The molecule has 1 N–H and O–H groups in total. The molecule has 0 aromatic rings. The van der Waals surface area contributed by atoms with E-state index in [1.807, 2.05) is 6.92 Å². The summed E-state index contributed by atoms with van der Waals surface area (Å²) in [4.78, 5) is 11.0. The third-order valence-corrected chi connectivity index (χ3v) is 1.54. The second-order valence-corrected chi connectivity index (χ2v) is 2.82. The van der Waals surface area contributed by atoms with Crippen molar-refractivity contribution in [2.24, 2.45) is 0 Å². The number of terminal acetylenes is 1. The standard InChI is InChI=1S/C10H17NO2/c1-4-6-7-11-9(3)8-10(12)13-5-2/h1,9,11H,5-8H2,2-3H3. The number of esters is 1. The lowest BCUT2D eigenvalue weighted by atomic mass is 10.2. The van der Waals surface area contributed by atoms with Gasteiger partial charge in [0.2, 0.25) is 0 Å². The highest BCUT2D eigenvalue weighted by Gasteiger charge is 2.07. The Morgan fingerprint density at radius 1 is 1.69 bits per heavy atom. The molecule has 0 radical (unpaired) electrons. The summed E-state index contributed by atoms with van der Waals surface area (Å²) in [5, 5.41) is 3.13. The average molecular weight is 183 g/mol. The lowest BCUT2D eigenvalue weighted by Gasteiger charge is -2.11. The number of hydrogen-bond acceptors (Lipinski definition) is 3. The zero-order valence-electron chi connectivity index (χ0n) is 8.30. The summed E-state index contributed by atoms with van der Waals surface area (Å²) in [7, 11) is 0. The maximum Gasteiger partial charge on any atom is 0.307 e. The molecule has 0 aromatic heterocycles. The van der Waals surface area contributed by atoms with E-state index in [1.165, 1.54) is 0 Å². The Hall–Kier alpha value is -1.01. The SMILES string of the molecule is C#CCCNC(C)CC(=O)OCC. The Kier molecular flexibility index (Phi) is 7.04. The lowest BCUT2D eigenvalue weighted by molar-refractivity contribution is -0.143. The Morgan fingerprint density at radius 2 is 2.38 bits per heavy atom. The molecule has 0 heterocycles. The molecule has 0 aliphatic rings. The van der Waals surface area contributed by atoms with Crippen LogP contribution in [0.15, 0.2) is 0 Å². The van der Waals surface area contributed by atoms with Crippen LogP contribution >= 0.6 is 0 Å². The summed E-state index contributed by atoms with van der Waals surface area (Å²) in [6.45, 7) is 4.93. The molecule has 0 aliphatic heterocycles. The van der Waals surface area contributed by atoms with E-state index in [0.717, 1.165) is 6.54 Å². The van der Waals surface area contributed by atoms with Crippen molar-refractivity contribution < 1.29 is 9.53 Å². The van der Waals surface area contributed by atoms with Crippen LogP contribution in [-0.2, 0) is 9.53 Å². The molecule has 74 valence electrons. The molecule has 0 saturated carbocycles. The van der Waals surface area contributed by atoms with Crippen LogP contribution in [0.2, 0.25) is 0 Å². The molecule has 0 amide bonds. The second kappa shape index (κ2) is 7.63. The molecule has 0 bridgehead atoms. The molecule has 0 aromatic carbocycles. The maximum absolute atomic E-state index is 11.0. The molecule has 3 nitrogen and oxygen atoms in total. The van der Waals surface area contributed by atoms with Gasteiger partial charge in [0.15, 0.2) is 0 Å². The van der Waals surface area contributed by atoms with Crippen LogP contribution in [0.1, 0.15) is 26.7 Å². The molecule has 0 saturated heterocycles. The largest absolute Gasteiger partial charge is 0.466 e. The van der Waals surface area contributed by atoms with Gasteiger partial charge in [-0.3, -0.25) is 4.79 Å². The van der Waals surface area contributed by atoms with Crippen LogP contribution in [0.5, 0.6) is 0 Å². The summed E-state index contributed by atoms with van der Waals surface area (Å²) in [6, 6.07) is 0.132. The van der Waals surface area contributed by atoms with Crippen molar-refractivity contribution in [3.05, 3.63) is 0 Å². The van der Waals surface area contributed by atoms with Crippen LogP contribution in [0.4, 0.5) is 0 Å². The highest BCUT2D eigenvalue weighted by molar-refractivity contribution is 5.69. The van der Waals surface area contributed by atoms with Crippen LogP contribution < -0.4 is 5.32 Å². The molecular weight excluding hydrogens is 166 g/mol. The first-order valence-corrected chi connectivity index (χ1v) is 4.53. The molecule has 0 aliphatic carbocycles. The monoisotopic (exact) mass is 183 g/mol. The zero-order chi connectivity index (χ0) is 10.1. The summed E-state index contributed by atoms with van der Waals surface area (Å²) in [5.74, 6) is 2.36. The van der Waals surface area contributed by atoms with Gasteiger partial charge >= 0.3 is 5.97 Å². The third-order valence-electron chi connectivity index (χ3n) is 1.54. The molecule has 0 rings (SSSR count). The van der Waals surface area contributed by atoms with Gasteiger partial charge in [-0.05, 0) is 13.8 Å². The van der Waals surface area contributed by atoms with Crippen molar-refractivity contribution in [3.63, 3.8) is 0 Å². The zero-order valence-corrected chi connectivity index (χ0v) is 8.30. The smallest absolute Gasteiger partial charge is 0.307 e. The fraction of sp³-hybridized carbons (Fsp3) is 0.700. The van der Waals surface area contributed by atoms with Gasteiger partial charge in [0.1, 0.15) is 0 Å². The number of nitrogens with one attached hydrogen (secondary N) is 1. The molecular formula is C10H17NO2. The summed E-state index contributed by atoms with van der Waals surface area (Å²) in [5.41, 5.74) is 0.